The van der Waals surface area contributed by atoms with Crippen LogP contribution in [0.1, 0.15) is 5.69 Å². The molecule has 2 heterocycles. The number of rotatable bonds is 0. The fourth-order valence-electron chi connectivity index (χ4n) is 1.95. The lowest BCUT2D eigenvalue weighted by atomic mass is 10.3. The van der Waals surface area contributed by atoms with Gasteiger partial charge in [0.15, 0.2) is 0 Å². The van der Waals surface area contributed by atoms with Gasteiger partial charge in [-0.1, -0.05) is 12.1 Å². The SMILES string of the molecule is Cc1cc2n(C)c3ccccc3n2n1. The number of imidazole rings is 1. The van der Waals surface area contributed by atoms with E-state index in [0.29, 0.717) is 0 Å². The van der Waals surface area contributed by atoms with E-state index in [2.05, 4.69) is 41.0 Å². The van der Waals surface area contributed by atoms with Gasteiger partial charge in [-0.2, -0.15) is 5.10 Å². The van der Waals surface area contributed by atoms with E-state index in [4.69, 9.17) is 0 Å². The summed E-state index contributed by atoms with van der Waals surface area (Å²) < 4.78 is 4.15. The summed E-state index contributed by atoms with van der Waals surface area (Å²) in [6.45, 7) is 2.02. The molecule has 0 aliphatic carbocycles. The van der Waals surface area contributed by atoms with Gasteiger partial charge in [0, 0.05) is 13.1 Å². The van der Waals surface area contributed by atoms with Crippen molar-refractivity contribution in [2.45, 2.75) is 6.92 Å². The van der Waals surface area contributed by atoms with Gasteiger partial charge in [0.25, 0.3) is 0 Å². The molecule has 3 rings (SSSR count). The zero-order valence-electron chi connectivity index (χ0n) is 8.23. The van der Waals surface area contributed by atoms with Gasteiger partial charge in [-0.15, -0.1) is 0 Å². The average Bonchev–Trinajstić information content (AvgIpc) is 2.68. The molecule has 3 heteroatoms. The Hall–Kier alpha value is -1.77. The molecule has 0 unspecified atom stereocenters. The van der Waals surface area contributed by atoms with Crippen molar-refractivity contribution < 1.29 is 0 Å². The summed E-state index contributed by atoms with van der Waals surface area (Å²) in [5, 5.41) is 4.46. The summed E-state index contributed by atoms with van der Waals surface area (Å²) >= 11 is 0. The first-order valence-corrected chi connectivity index (χ1v) is 4.67. The maximum atomic E-state index is 4.46. The van der Waals surface area contributed by atoms with E-state index in [1.807, 2.05) is 17.5 Å². The van der Waals surface area contributed by atoms with Gasteiger partial charge in [0.1, 0.15) is 5.65 Å². The molecule has 3 nitrogen and oxygen atoms in total. The van der Waals surface area contributed by atoms with Crippen molar-refractivity contribution in [2.75, 3.05) is 0 Å². The van der Waals surface area contributed by atoms with Crippen molar-refractivity contribution in [3.8, 4) is 0 Å². The maximum Gasteiger partial charge on any atom is 0.136 e. The molecule has 0 N–H and O–H groups in total. The highest BCUT2D eigenvalue weighted by atomic mass is 15.3. The lowest BCUT2D eigenvalue weighted by molar-refractivity contribution is 0.937. The molecule has 0 atom stereocenters. The molecule has 0 saturated carbocycles. The maximum absolute atomic E-state index is 4.46. The monoisotopic (exact) mass is 185 g/mol. The summed E-state index contributed by atoms with van der Waals surface area (Å²) in [5.74, 6) is 0. The predicted molar refractivity (Wildman–Crippen MR) is 56.4 cm³/mol. The molecule has 70 valence electrons. The van der Waals surface area contributed by atoms with Crippen LogP contribution in [0.3, 0.4) is 0 Å². The average molecular weight is 185 g/mol. The largest absolute Gasteiger partial charge is 0.328 e. The number of hydrogen-bond acceptors (Lipinski definition) is 1. The second-order valence-corrected chi connectivity index (χ2v) is 3.60. The Morgan fingerprint density at radius 3 is 2.64 bits per heavy atom. The van der Waals surface area contributed by atoms with Crippen LogP contribution in [0, 0.1) is 6.92 Å². The van der Waals surface area contributed by atoms with E-state index in [1.165, 1.54) is 5.52 Å². The lowest BCUT2D eigenvalue weighted by Crippen LogP contribution is -1.85. The van der Waals surface area contributed by atoms with Crippen molar-refractivity contribution >= 4 is 16.7 Å². The Morgan fingerprint density at radius 1 is 1.14 bits per heavy atom. The van der Waals surface area contributed by atoms with Crippen LogP contribution in [0.5, 0.6) is 0 Å². The summed E-state index contributed by atoms with van der Waals surface area (Å²) in [6, 6.07) is 10.4. The van der Waals surface area contributed by atoms with E-state index in [1.54, 1.807) is 0 Å². The predicted octanol–water partition coefficient (Wildman–Crippen LogP) is 2.13. The van der Waals surface area contributed by atoms with Crippen LogP contribution in [0.25, 0.3) is 16.7 Å². The molecule has 3 aromatic rings. The minimum atomic E-state index is 1.06. The molecule has 1 aromatic carbocycles. The highest BCUT2D eigenvalue weighted by Crippen LogP contribution is 2.19. The number of hydrogen-bond donors (Lipinski definition) is 0. The third-order valence-electron chi connectivity index (χ3n) is 2.63. The number of benzene rings is 1. The fourth-order valence-corrected chi connectivity index (χ4v) is 1.95. The molecular formula is C11H11N3. The summed E-state index contributed by atoms with van der Waals surface area (Å²) in [6.07, 6.45) is 0. The van der Waals surface area contributed by atoms with Gasteiger partial charge in [-0.05, 0) is 19.1 Å². The Balaban J connectivity index is 2.65. The quantitative estimate of drug-likeness (QED) is 0.526. The molecule has 0 saturated heterocycles. The van der Waals surface area contributed by atoms with E-state index in [-0.39, 0.29) is 0 Å². The summed E-state index contributed by atoms with van der Waals surface area (Å²) in [7, 11) is 2.07. The van der Waals surface area contributed by atoms with E-state index in [0.717, 1.165) is 16.9 Å². The number of aryl methyl sites for hydroxylation is 2. The molecule has 0 aliphatic heterocycles. The minimum Gasteiger partial charge on any atom is -0.328 e. The normalized spacial score (nSPS) is 11.6. The Morgan fingerprint density at radius 2 is 1.86 bits per heavy atom. The molecule has 14 heavy (non-hydrogen) atoms. The molecule has 0 fully saturated rings. The number of para-hydroxylation sites is 2. The fraction of sp³-hybridized carbons (Fsp3) is 0.182. The molecule has 0 amide bonds. The zero-order chi connectivity index (χ0) is 9.71. The van der Waals surface area contributed by atoms with Gasteiger partial charge >= 0.3 is 0 Å². The van der Waals surface area contributed by atoms with Crippen LogP contribution in [-0.2, 0) is 7.05 Å². The highest BCUT2D eigenvalue weighted by molar-refractivity contribution is 5.81. The minimum absolute atomic E-state index is 1.06. The highest BCUT2D eigenvalue weighted by Gasteiger charge is 2.08. The van der Waals surface area contributed by atoms with Crippen LogP contribution in [0.4, 0.5) is 0 Å². The van der Waals surface area contributed by atoms with Crippen LogP contribution < -0.4 is 0 Å². The number of nitrogens with zero attached hydrogens (tertiary/aromatic N) is 3. The van der Waals surface area contributed by atoms with Crippen LogP contribution in [0.15, 0.2) is 30.3 Å². The lowest BCUT2D eigenvalue weighted by Gasteiger charge is -1.92. The first kappa shape index (κ1) is 7.62. The Labute approximate surface area is 81.6 Å². The Bertz CT molecular complexity index is 616. The second kappa shape index (κ2) is 2.38. The number of fused-ring (bicyclic) bond motifs is 3. The van der Waals surface area contributed by atoms with E-state index < -0.39 is 0 Å². The molecule has 0 spiro atoms. The summed E-state index contributed by atoms with van der Waals surface area (Å²) in [4.78, 5) is 0. The first-order valence-electron chi connectivity index (χ1n) is 4.67. The van der Waals surface area contributed by atoms with Gasteiger partial charge in [0.05, 0.1) is 16.7 Å². The van der Waals surface area contributed by atoms with Crippen LogP contribution in [0.2, 0.25) is 0 Å². The van der Waals surface area contributed by atoms with Crippen molar-refractivity contribution in [1.82, 2.24) is 14.2 Å². The van der Waals surface area contributed by atoms with Crippen molar-refractivity contribution in [2.24, 2.45) is 7.05 Å². The number of aromatic nitrogens is 3. The third kappa shape index (κ3) is 0.789. The molecule has 0 bridgehead atoms. The van der Waals surface area contributed by atoms with Gasteiger partial charge in [0.2, 0.25) is 0 Å². The zero-order valence-corrected chi connectivity index (χ0v) is 8.23. The summed E-state index contributed by atoms with van der Waals surface area (Å²) in [5.41, 5.74) is 4.58. The van der Waals surface area contributed by atoms with Crippen molar-refractivity contribution in [3.63, 3.8) is 0 Å². The second-order valence-electron chi connectivity index (χ2n) is 3.60. The first-order chi connectivity index (χ1) is 6.77. The molecular weight excluding hydrogens is 174 g/mol. The topological polar surface area (TPSA) is 22.2 Å². The van der Waals surface area contributed by atoms with Crippen LogP contribution >= 0.6 is 0 Å². The molecule has 2 aromatic heterocycles. The van der Waals surface area contributed by atoms with Crippen LogP contribution in [-0.4, -0.2) is 14.2 Å². The van der Waals surface area contributed by atoms with Gasteiger partial charge in [-0.25, -0.2) is 4.52 Å². The third-order valence-corrected chi connectivity index (χ3v) is 2.63. The Kier molecular flexibility index (Phi) is 1.29. The smallest absolute Gasteiger partial charge is 0.136 e. The van der Waals surface area contributed by atoms with Gasteiger partial charge < -0.3 is 4.57 Å². The van der Waals surface area contributed by atoms with Crippen molar-refractivity contribution in [3.05, 3.63) is 36.0 Å². The van der Waals surface area contributed by atoms with Crippen molar-refractivity contribution in [1.29, 1.82) is 0 Å². The molecule has 0 aliphatic rings. The van der Waals surface area contributed by atoms with E-state index >= 15 is 0 Å². The standard InChI is InChI=1S/C11H11N3/c1-8-7-11-13(2)9-5-3-4-6-10(9)14(11)12-8/h3-7H,1-2H3. The van der Waals surface area contributed by atoms with E-state index in [9.17, 15) is 0 Å². The molecule has 0 radical (unpaired) electrons. The van der Waals surface area contributed by atoms with Gasteiger partial charge in [-0.3, -0.25) is 0 Å².